The van der Waals surface area contributed by atoms with Gasteiger partial charge in [0.2, 0.25) is 15.9 Å². The van der Waals surface area contributed by atoms with Gasteiger partial charge in [-0.3, -0.25) is 9.59 Å². The first-order chi connectivity index (χ1) is 11.8. The van der Waals surface area contributed by atoms with Gasteiger partial charge in [0.05, 0.1) is 4.90 Å². The molecule has 0 spiro atoms. The predicted molar refractivity (Wildman–Crippen MR) is 94.7 cm³/mol. The van der Waals surface area contributed by atoms with Crippen molar-refractivity contribution >= 4 is 27.5 Å². The molecule has 0 unspecified atom stereocenters. The van der Waals surface area contributed by atoms with E-state index >= 15 is 0 Å². The van der Waals surface area contributed by atoms with Crippen LogP contribution in [0.2, 0.25) is 0 Å². The molecule has 0 bridgehead atoms. The Morgan fingerprint density at radius 2 is 1.76 bits per heavy atom. The van der Waals surface area contributed by atoms with Gasteiger partial charge >= 0.3 is 0 Å². The van der Waals surface area contributed by atoms with E-state index in [2.05, 4.69) is 16.6 Å². The van der Waals surface area contributed by atoms with E-state index in [0.29, 0.717) is 11.3 Å². The van der Waals surface area contributed by atoms with Crippen LogP contribution in [0.3, 0.4) is 0 Å². The molecule has 0 saturated carbocycles. The molecule has 0 atom stereocenters. The molecule has 0 aliphatic rings. The van der Waals surface area contributed by atoms with Crippen molar-refractivity contribution in [2.75, 3.05) is 11.9 Å². The van der Waals surface area contributed by atoms with Gasteiger partial charge in [-0.1, -0.05) is 12.1 Å². The second-order valence-electron chi connectivity index (χ2n) is 5.06. The quantitative estimate of drug-likeness (QED) is 0.649. The van der Waals surface area contributed by atoms with Gasteiger partial charge in [-0.05, 0) is 42.5 Å². The predicted octanol–water partition coefficient (Wildman–Crippen LogP) is 1.50. The van der Waals surface area contributed by atoms with E-state index in [9.17, 15) is 18.0 Å². The lowest BCUT2D eigenvalue weighted by Gasteiger charge is -2.08. The third-order valence-corrected chi connectivity index (χ3v) is 4.67. The Morgan fingerprint density at radius 1 is 1.08 bits per heavy atom. The number of nitrogens with two attached hydrogens (primary N) is 1. The molecular weight excluding hydrogens is 342 g/mol. The number of sulfonamides is 1. The van der Waals surface area contributed by atoms with Crippen molar-refractivity contribution in [3.8, 4) is 0 Å². The number of hydrogen-bond donors (Lipinski definition) is 3. The molecule has 2 aromatic rings. The highest BCUT2D eigenvalue weighted by Crippen LogP contribution is 2.14. The summed E-state index contributed by atoms with van der Waals surface area (Å²) in [6, 6.07) is 11.7. The van der Waals surface area contributed by atoms with Crippen molar-refractivity contribution in [1.82, 2.24) is 4.72 Å². The van der Waals surface area contributed by atoms with Crippen LogP contribution in [0.1, 0.15) is 20.7 Å². The van der Waals surface area contributed by atoms with Gasteiger partial charge in [0.1, 0.15) is 0 Å². The van der Waals surface area contributed by atoms with Gasteiger partial charge in [0.25, 0.3) is 5.91 Å². The number of rotatable bonds is 7. The van der Waals surface area contributed by atoms with Gasteiger partial charge in [-0.15, -0.1) is 6.58 Å². The fourth-order valence-corrected chi connectivity index (χ4v) is 3.02. The van der Waals surface area contributed by atoms with Crippen molar-refractivity contribution in [3.63, 3.8) is 0 Å². The molecule has 4 N–H and O–H groups in total. The van der Waals surface area contributed by atoms with Crippen LogP contribution in [-0.4, -0.2) is 26.8 Å². The number of anilines is 1. The second-order valence-corrected chi connectivity index (χ2v) is 6.83. The minimum absolute atomic E-state index is 0.0222. The topological polar surface area (TPSA) is 118 Å². The van der Waals surface area contributed by atoms with Gasteiger partial charge in [0, 0.05) is 23.4 Å². The van der Waals surface area contributed by atoms with Crippen LogP contribution >= 0.6 is 0 Å². The molecule has 2 aromatic carbocycles. The number of primary amides is 1. The summed E-state index contributed by atoms with van der Waals surface area (Å²) in [5, 5.41) is 2.62. The summed E-state index contributed by atoms with van der Waals surface area (Å²) in [6.45, 7) is 3.54. The highest BCUT2D eigenvalue weighted by Gasteiger charge is 2.15. The molecule has 0 fully saturated rings. The van der Waals surface area contributed by atoms with Gasteiger partial charge < -0.3 is 11.1 Å². The van der Waals surface area contributed by atoms with Crippen LogP contribution in [0.25, 0.3) is 0 Å². The van der Waals surface area contributed by atoms with E-state index < -0.39 is 21.8 Å². The lowest BCUT2D eigenvalue weighted by molar-refractivity contribution is 0.0998. The highest BCUT2D eigenvalue weighted by atomic mass is 32.2. The van der Waals surface area contributed by atoms with E-state index in [1.54, 1.807) is 0 Å². The summed E-state index contributed by atoms with van der Waals surface area (Å²) >= 11 is 0. The Balaban J connectivity index is 2.18. The monoisotopic (exact) mass is 359 g/mol. The van der Waals surface area contributed by atoms with Gasteiger partial charge in [0.15, 0.2) is 0 Å². The van der Waals surface area contributed by atoms with Gasteiger partial charge in [-0.25, -0.2) is 13.1 Å². The number of carbonyl (C=O) groups excluding carboxylic acids is 2. The molecule has 0 aliphatic carbocycles. The fraction of sp³-hybridized carbons (Fsp3) is 0.0588. The number of benzene rings is 2. The van der Waals surface area contributed by atoms with Crippen LogP contribution < -0.4 is 15.8 Å². The summed E-state index contributed by atoms with van der Waals surface area (Å²) in [6.07, 6.45) is 1.42. The van der Waals surface area contributed by atoms with Crippen LogP contribution in [-0.2, 0) is 10.0 Å². The Kier molecular flexibility index (Phi) is 5.68. The molecule has 2 amide bonds. The summed E-state index contributed by atoms with van der Waals surface area (Å²) in [5.74, 6) is -1.05. The van der Waals surface area contributed by atoms with E-state index in [1.807, 2.05) is 0 Å². The standard InChI is InChI=1S/C17H17N3O4S/c1-2-10-19-25(23,24)15-5-3-4-13(11-15)17(22)20-14-8-6-12(7-9-14)16(18)21/h2-9,11,19H,1,10H2,(H2,18,21)(H,20,22). The normalized spacial score (nSPS) is 10.9. The summed E-state index contributed by atoms with van der Waals surface area (Å²) in [7, 11) is -3.72. The minimum Gasteiger partial charge on any atom is -0.366 e. The van der Waals surface area contributed by atoms with Crippen molar-refractivity contribution in [2.24, 2.45) is 5.73 Å². The molecule has 0 radical (unpaired) electrons. The average molecular weight is 359 g/mol. The van der Waals surface area contributed by atoms with Crippen molar-refractivity contribution < 1.29 is 18.0 Å². The molecular formula is C17H17N3O4S. The maximum atomic E-state index is 12.3. The second kappa shape index (κ2) is 7.73. The molecule has 0 heterocycles. The largest absolute Gasteiger partial charge is 0.366 e. The number of carbonyl (C=O) groups is 2. The van der Waals surface area contributed by atoms with Crippen LogP contribution in [0, 0.1) is 0 Å². The van der Waals surface area contributed by atoms with Crippen LogP contribution in [0.4, 0.5) is 5.69 Å². The Labute approximate surface area is 145 Å². The molecule has 7 nitrogen and oxygen atoms in total. The number of hydrogen-bond acceptors (Lipinski definition) is 4. The van der Waals surface area contributed by atoms with E-state index in [0.717, 1.165) is 0 Å². The van der Waals surface area contributed by atoms with Crippen molar-refractivity contribution in [3.05, 3.63) is 72.3 Å². The molecule has 8 heteroatoms. The summed E-state index contributed by atoms with van der Waals surface area (Å²) in [4.78, 5) is 23.3. The first kappa shape index (κ1) is 18.4. The zero-order valence-electron chi connectivity index (χ0n) is 13.2. The average Bonchev–Trinajstić information content (AvgIpc) is 2.60. The third-order valence-electron chi connectivity index (χ3n) is 3.25. The maximum Gasteiger partial charge on any atom is 0.255 e. The molecule has 0 aromatic heterocycles. The highest BCUT2D eigenvalue weighted by molar-refractivity contribution is 7.89. The Bertz CT molecular complexity index is 906. The zero-order valence-corrected chi connectivity index (χ0v) is 14.0. The Hall–Kier alpha value is -2.97. The summed E-state index contributed by atoms with van der Waals surface area (Å²) in [5.41, 5.74) is 6.10. The fourth-order valence-electron chi connectivity index (χ4n) is 1.98. The smallest absolute Gasteiger partial charge is 0.255 e. The number of nitrogens with one attached hydrogen (secondary N) is 2. The molecule has 2 rings (SSSR count). The minimum atomic E-state index is -3.72. The zero-order chi connectivity index (χ0) is 18.4. The maximum absolute atomic E-state index is 12.3. The SMILES string of the molecule is C=CCNS(=O)(=O)c1cccc(C(=O)Nc2ccc(C(N)=O)cc2)c1. The van der Waals surface area contributed by atoms with E-state index in [1.165, 1.54) is 54.6 Å². The lowest BCUT2D eigenvalue weighted by atomic mass is 10.2. The van der Waals surface area contributed by atoms with E-state index in [4.69, 9.17) is 5.73 Å². The molecule has 25 heavy (non-hydrogen) atoms. The van der Waals surface area contributed by atoms with Crippen LogP contribution in [0.15, 0.2) is 66.1 Å². The lowest BCUT2D eigenvalue weighted by Crippen LogP contribution is -2.24. The first-order valence-electron chi connectivity index (χ1n) is 7.25. The number of amides is 2. The van der Waals surface area contributed by atoms with Crippen LogP contribution in [0.5, 0.6) is 0 Å². The molecule has 0 aliphatic heterocycles. The van der Waals surface area contributed by atoms with Crippen molar-refractivity contribution in [2.45, 2.75) is 4.90 Å². The molecule has 130 valence electrons. The third kappa shape index (κ3) is 4.75. The van der Waals surface area contributed by atoms with Gasteiger partial charge in [-0.2, -0.15) is 0 Å². The first-order valence-corrected chi connectivity index (χ1v) is 8.73. The van der Waals surface area contributed by atoms with Crippen molar-refractivity contribution in [1.29, 1.82) is 0 Å². The molecule has 0 saturated heterocycles. The Morgan fingerprint density at radius 3 is 2.36 bits per heavy atom. The summed E-state index contributed by atoms with van der Waals surface area (Å²) < 4.78 is 26.5. The van der Waals surface area contributed by atoms with E-state index in [-0.39, 0.29) is 17.0 Å².